The average molecular weight is 186 g/mol. The Morgan fingerprint density at radius 2 is 1.86 bits per heavy atom. The van der Waals surface area contributed by atoms with Crippen molar-refractivity contribution in [1.29, 1.82) is 0 Å². The Labute approximate surface area is 84.4 Å². The van der Waals surface area contributed by atoms with Crippen molar-refractivity contribution in [2.24, 2.45) is 0 Å². The Bertz CT molecular complexity index is 390. The highest BCUT2D eigenvalue weighted by molar-refractivity contribution is 5.71. The third-order valence-corrected chi connectivity index (χ3v) is 3.16. The molecule has 0 fully saturated rings. The van der Waals surface area contributed by atoms with E-state index in [1.54, 1.807) is 0 Å². The van der Waals surface area contributed by atoms with E-state index >= 15 is 0 Å². The molecule has 0 saturated heterocycles. The van der Waals surface area contributed by atoms with Crippen molar-refractivity contribution in [3.05, 3.63) is 41.2 Å². The fraction of sp³-hybridized carbons (Fsp3) is 0.385. The van der Waals surface area contributed by atoms with Crippen LogP contribution in [0.25, 0.3) is 5.57 Å². The molecule has 14 heavy (non-hydrogen) atoms. The third-order valence-electron chi connectivity index (χ3n) is 3.16. The summed E-state index contributed by atoms with van der Waals surface area (Å²) in [6.07, 6.45) is 4.95. The first-order chi connectivity index (χ1) is 6.95. The zero-order valence-corrected chi connectivity index (χ0v) is 8.25. The first kappa shape index (κ1) is 8.10. The van der Waals surface area contributed by atoms with Gasteiger partial charge < -0.3 is 4.74 Å². The quantitative estimate of drug-likeness (QED) is 0.602. The topological polar surface area (TPSA) is 9.23 Å². The molecule has 0 radical (unpaired) electrons. The lowest BCUT2D eigenvalue weighted by molar-refractivity contribution is 0.179. The van der Waals surface area contributed by atoms with Crippen molar-refractivity contribution >= 4 is 5.57 Å². The SMILES string of the molecule is c1ccc2c(c1)COC1=C2CCCC1. The Morgan fingerprint density at radius 1 is 1.00 bits per heavy atom. The van der Waals surface area contributed by atoms with Crippen LogP contribution in [0.5, 0.6) is 0 Å². The van der Waals surface area contributed by atoms with E-state index in [2.05, 4.69) is 24.3 Å². The summed E-state index contributed by atoms with van der Waals surface area (Å²) in [5.74, 6) is 1.26. The summed E-state index contributed by atoms with van der Waals surface area (Å²) < 4.78 is 5.79. The van der Waals surface area contributed by atoms with Crippen LogP contribution in [0, 0.1) is 0 Å². The van der Waals surface area contributed by atoms with Crippen LogP contribution in [0.4, 0.5) is 0 Å². The highest BCUT2D eigenvalue weighted by Gasteiger charge is 2.21. The molecule has 0 unspecified atom stereocenters. The van der Waals surface area contributed by atoms with Gasteiger partial charge in [0.05, 0.1) is 0 Å². The zero-order valence-electron chi connectivity index (χ0n) is 8.25. The van der Waals surface area contributed by atoms with Gasteiger partial charge >= 0.3 is 0 Å². The summed E-state index contributed by atoms with van der Waals surface area (Å²) in [6, 6.07) is 8.63. The number of ether oxygens (including phenoxy) is 1. The van der Waals surface area contributed by atoms with E-state index in [1.165, 1.54) is 41.7 Å². The molecule has 1 aromatic carbocycles. The maximum atomic E-state index is 5.79. The van der Waals surface area contributed by atoms with Gasteiger partial charge in [0.25, 0.3) is 0 Å². The fourth-order valence-corrected chi connectivity index (χ4v) is 2.43. The number of benzene rings is 1. The number of hydrogen-bond acceptors (Lipinski definition) is 1. The molecule has 1 heteroatoms. The van der Waals surface area contributed by atoms with E-state index in [9.17, 15) is 0 Å². The smallest absolute Gasteiger partial charge is 0.113 e. The monoisotopic (exact) mass is 186 g/mol. The lowest BCUT2D eigenvalue weighted by atomic mass is 9.88. The Hall–Kier alpha value is -1.24. The van der Waals surface area contributed by atoms with Gasteiger partial charge in [-0.05, 0) is 36.0 Å². The van der Waals surface area contributed by atoms with Gasteiger partial charge in [0.15, 0.2) is 0 Å². The van der Waals surface area contributed by atoms with Crippen LogP contribution < -0.4 is 0 Å². The zero-order chi connectivity index (χ0) is 9.38. The lowest BCUT2D eigenvalue weighted by Gasteiger charge is -2.27. The molecule has 0 aromatic heterocycles. The molecule has 0 N–H and O–H groups in total. The predicted octanol–water partition coefficient (Wildman–Crippen LogP) is 3.50. The van der Waals surface area contributed by atoms with E-state index in [4.69, 9.17) is 4.74 Å². The van der Waals surface area contributed by atoms with Gasteiger partial charge in [0, 0.05) is 6.42 Å². The molecule has 0 atom stereocenters. The van der Waals surface area contributed by atoms with Crippen LogP contribution >= 0.6 is 0 Å². The van der Waals surface area contributed by atoms with Crippen LogP contribution in [-0.2, 0) is 11.3 Å². The van der Waals surface area contributed by atoms with E-state index in [0.717, 1.165) is 13.0 Å². The largest absolute Gasteiger partial charge is 0.493 e. The molecular formula is C13H14O. The van der Waals surface area contributed by atoms with Gasteiger partial charge in [-0.25, -0.2) is 0 Å². The second-order valence-electron chi connectivity index (χ2n) is 4.05. The molecule has 0 spiro atoms. The van der Waals surface area contributed by atoms with E-state index in [-0.39, 0.29) is 0 Å². The average Bonchev–Trinajstić information content (AvgIpc) is 2.29. The van der Waals surface area contributed by atoms with Crippen molar-refractivity contribution in [3.8, 4) is 0 Å². The molecule has 72 valence electrons. The molecule has 0 amide bonds. The molecule has 0 bridgehead atoms. The Morgan fingerprint density at radius 3 is 2.86 bits per heavy atom. The van der Waals surface area contributed by atoms with E-state index < -0.39 is 0 Å². The van der Waals surface area contributed by atoms with Crippen molar-refractivity contribution in [2.45, 2.75) is 32.3 Å². The van der Waals surface area contributed by atoms with Gasteiger partial charge in [-0.1, -0.05) is 24.3 Å². The van der Waals surface area contributed by atoms with E-state index in [1.807, 2.05) is 0 Å². The predicted molar refractivity (Wildman–Crippen MR) is 56.6 cm³/mol. The molecular weight excluding hydrogens is 172 g/mol. The second-order valence-corrected chi connectivity index (χ2v) is 4.05. The second kappa shape index (κ2) is 3.16. The summed E-state index contributed by atoms with van der Waals surface area (Å²) in [5.41, 5.74) is 4.26. The van der Waals surface area contributed by atoms with Crippen LogP contribution in [-0.4, -0.2) is 0 Å². The molecule has 2 aliphatic rings. The van der Waals surface area contributed by atoms with Crippen LogP contribution in [0.1, 0.15) is 36.8 Å². The number of allylic oxidation sites excluding steroid dienone is 2. The van der Waals surface area contributed by atoms with E-state index in [0.29, 0.717) is 0 Å². The minimum absolute atomic E-state index is 0.773. The maximum Gasteiger partial charge on any atom is 0.113 e. The van der Waals surface area contributed by atoms with Gasteiger partial charge in [0.2, 0.25) is 0 Å². The molecule has 1 aliphatic carbocycles. The Kier molecular flexibility index (Phi) is 1.83. The maximum absolute atomic E-state index is 5.79. The van der Waals surface area contributed by atoms with Crippen LogP contribution in [0.15, 0.2) is 30.0 Å². The summed E-state index contributed by atoms with van der Waals surface area (Å²) in [4.78, 5) is 0. The molecule has 1 heterocycles. The van der Waals surface area contributed by atoms with Crippen molar-refractivity contribution in [3.63, 3.8) is 0 Å². The van der Waals surface area contributed by atoms with Gasteiger partial charge in [-0.2, -0.15) is 0 Å². The van der Waals surface area contributed by atoms with Gasteiger partial charge in [-0.15, -0.1) is 0 Å². The summed E-state index contributed by atoms with van der Waals surface area (Å²) in [6.45, 7) is 0.773. The van der Waals surface area contributed by atoms with Crippen LogP contribution in [0.2, 0.25) is 0 Å². The first-order valence-corrected chi connectivity index (χ1v) is 5.38. The third kappa shape index (κ3) is 1.16. The van der Waals surface area contributed by atoms with Crippen LogP contribution in [0.3, 0.4) is 0 Å². The molecule has 0 saturated carbocycles. The molecule has 3 rings (SSSR count). The van der Waals surface area contributed by atoms with Gasteiger partial charge in [-0.3, -0.25) is 0 Å². The minimum atomic E-state index is 0.773. The van der Waals surface area contributed by atoms with Crippen molar-refractivity contribution < 1.29 is 4.74 Å². The fourth-order valence-electron chi connectivity index (χ4n) is 2.43. The normalized spacial score (nSPS) is 19.7. The van der Waals surface area contributed by atoms with Gasteiger partial charge in [0.1, 0.15) is 12.4 Å². The number of rotatable bonds is 0. The highest BCUT2D eigenvalue weighted by Crippen LogP contribution is 2.38. The number of hydrogen-bond donors (Lipinski definition) is 0. The summed E-state index contributed by atoms with van der Waals surface area (Å²) in [7, 11) is 0. The molecule has 1 nitrogen and oxygen atoms in total. The molecule has 1 aromatic rings. The number of fused-ring (bicyclic) bond motifs is 2. The Balaban J connectivity index is 2.13. The van der Waals surface area contributed by atoms with Crippen molar-refractivity contribution in [1.82, 2.24) is 0 Å². The summed E-state index contributed by atoms with van der Waals surface area (Å²) in [5, 5.41) is 0. The minimum Gasteiger partial charge on any atom is -0.493 e. The lowest BCUT2D eigenvalue weighted by Crippen LogP contribution is -2.10. The standard InChI is InChI=1S/C13H14O/c1-2-6-11-10(5-1)9-14-13-8-4-3-7-12(11)13/h1-2,5-6H,3-4,7-9H2. The first-order valence-electron chi connectivity index (χ1n) is 5.38. The summed E-state index contributed by atoms with van der Waals surface area (Å²) >= 11 is 0. The van der Waals surface area contributed by atoms with Crippen molar-refractivity contribution in [2.75, 3.05) is 0 Å². The molecule has 1 aliphatic heterocycles. The highest BCUT2D eigenvalue weighted by atomic mass is 16.5.